The first-order valence-corrected chi connectivity index (χ1v) is 10.6. The fourth-order valence-electron chi connectivity index (χ4n) is 6.29. The molecule has 0 aliphatic heterocycles. The third-order valence-electron chi connectivity index (χ3n) is 7.51. The molecular weight excluding hydrogens is 348 g/mol. The standard InChI is InChI=1S/C25H32O3/c1-4-6-18(7-5-2)28-22-15-25(3)21(12-13-23(25)27)20-10-8-16-14-17(26)9-11-19(16)24(20)22/h4-7,9,11,14,20-24,26-27H,1,8,10,12-13,15H2,2-3H3/b7-5-,18-6+. The topological polar surface area (TPSA) is 49.7 Å². The zero-order valence-electron chi connectivity index (χ0n) is 17.0. The molecule has 2 N–H and O–H groups in total. The summed E-state index contributed by atoms with van der Waals surface area (Å²) >= 11 is 0. The van der Waals surface area contributed by atoms with Gasteiger partial charge in [0.2, 0.25) is 0 Å². The van der Waals surface area contributed by atoms with Crippen molar-refractivity contribution in [1.29, 1.82) is 0 Å². The van der Waals surface area contributed by atoms with E-state index in [0.717, 1.165) is 37.9 Å². The van der Waals surface area contributed by atoms with Crippen molar-refractivity contribution < 1.29 is 14.9 Å². The Morgan fingerprint density at radius 1 is 1.29 bits per heavy atom. The molecule has 3 aliphatic rings. The first kappa shape index (κ1) is 19.3. The van der Waals surface area contributed by atoms with Gasteiger partial charge < -0.3 is 14.9 Å². The lowest BCUT2D eigenvalue weighted by molar-refractivity contribution is -0.0874. The number of aromatic hydroxyl groups is 1. The number of ether oxygens (including phenoxy) is 1. The van der Waals surface area contributed by atoms with Gasteiger partial charge in [-0.05, 0) is 86.3 Å². The molecule has 28 heavy (non-hydrogen) atoms. The number of allylic oxidation sites excluding steroid dienone is 4. The molecular formula is C25H32O3. The summed E-state index contributed by atoms with van der Waals surface area (Å²) < 4.78 is 6.58. The molecule has 0 amide bonds. The van der Waals surface area contributed by atoms with Crippen LogP contribution in [0.15, 0.2) is 54.8 Å². The molecule has 6 unspecified atom stereocenters. The van der Waals surface area contributed by atoms with Crippen LogP contribution in [-0.4, -0.2) is 22.4 Å². The lowest BCUT2D eigenvalue weighted by atomic mass is 9.54. The molecule has 4 rings (SSSR count). The van der Waals surface area contributed by atoms with Crippen molar-refractivity contribution in [2.45, 2.75) is 64.1 Å². The Balaban J connectivity index is 1.76. The Bertz CT molecular complexity index is 808. The molecule has 0 aromatic heterocycles. The van der Waals surface area contributed by atoms with Gasteiger partial charge in [-0.25, -0.2) is 0 Å². The van der Waals surface area contributed by atoms with Crippen molar-refractivity contribution in [3.63, 3.8) is 0 Å². The lowest BCUT2D eigenvalue weighted by Crippen LogP contribution is -2.50. The highest BCUT2D eigenvalue weighted by Crippen LogP contribution is 2.61. The highest BCUT2D eigenvalue weighted by atomic mass is 16.5. The molecule has 0 saturated heterocycles. The summed E-state index contributed by atoms with van der Waals surface area (Å²) in [5, 5.41) is 20.8. The Labute approximate surface area is 168 Å². The van der Waals surface area contributed by atoms with Crippen LogP contribution in [-0.2, 0) is 11.2 Å². The minimum absolute atomic E-state index is 0.00462. The highest BCUT2D eigenvalue weighted by molar-refractivity contribution is 5.41. The number of benzene rings is 1. The minimum Gasteiger partial charge on any atom is -0.508 e. The molecule has 1 aromatic rings. The summed E-state index contributed by atoms with van der Waals surface area (Å²) in [7, 11) is 0. The largest absolute Gasteiger partial charge is 0.508 e. The van der Waals surface area contributed by atoms with Gasteiger partial charge in [-0.1, -0.05) is 31.7 Å². The van der Waals surface area contributed by atoms with Gasteiger partial charge in [-0.3, -0.25) is 0 Å². The molecule has 3 heteroatoms. The fourth-order valence-corrected chi connectivity index (χ4v) is 6.29. The average Bonchev–Trinajstić information content (AvgIpc) is 2.96. The van der Waals surface area contributed by atoms with Crippen LogP contribution in [0.1, 0.15) is 56.6 Å². The summed E-state index contributed by atoms with van der Waals surface area (Å²) in [6.45, 7) is 8.08. The Hall–Kier alpha value is -2.00. The number of fused-ring (bicyclic) bond motifs is 5. The number of phenols is 1. The Kier molecular flexibility index (Phi) is 5.13. The third kappa shape index (κ3) is 3.10. The maximum atomic E-state index is 10.8. The summed E-state index contributed by atoms with van der Waals surface area (Å²) in [5.41, 5.74) is 2.48. The second-order valence-electron chi connectivity index (χ2n) is 8.98. The summed E-state index contributed by atoms with van der Waals surface area (Å²) in [6.07, 6.45) is 12.3. The molecule has 2 saturated carbocycles. The predicted octanol–water partition coefficient (Wildman–Crippen LogP) is 5.25. The Morgan fingerprint density at radius 2 is 2.11 bits per heavy atom. The monoisotopic (exact) mass is 380 g/mol. The van der Waals surface area contributed by atoms with Crippen molar-refractivity contribution >= 4 is 0 Å². The van der Waals surface area contributed by atoms with Crippen LogP contribution in [0.4, 0.5) is 0 Å². The van der Waals surface area contributed by atoms with Gasteiger partial charge in [0.1, 0.15) is 17.6 Å². The number of phenolic OH excluding ortho intramolecular Hbond substituents is 1. The molecule has 3 nitrogen and oxygen atoms in total. The van der Waals surface area contributed by atoms with Crippen LogP contribution in [0, 0.1) is 17.3 Å². The average molecular weight is 381 g/mol. The van der Waals surface area contributed by atoms with E-state index in [1.807, 2.05) is 37.3 Å². The van der Waals surface area contributed by atoms with Crippen LogP contribution < -0.4 is 0 Å². The normalized spacial score (nSPS) is 37.2. The number of aliphatic hydroxyl groups is 1. The van der Waals surface area contributed by atoms with Gasteiger partial charge in [0.25, 0.3) is 0 Å². The van der Waals surface area contributed by atoms with Crippen molar-refractivity contribution in [1.82, 2.24) is 0 Å². The van der Waals surface area contributed by atoms with Crippen molar-refractivity contribution in [2.75, 3.05) is 0 Å². The number of hydrogen-bond acceptors (Lipinski definition) is 3. The molecule has 1 aromatic carbocycles. The SMILES string of the molecule is C=C/C=C(\C=C/C)OC1CC2(C)C(O)CCC2C2CCc3cc(O)ccc3C12. The molecule has 3 aliphatic carbocycles. The molecule has 6 atom stereocenters. The second-order valence-corrected chi connectivity index (χ2v) is 8.98. The summed E-state index contributed by atoms with van der Waals surface area (Å²) in [5.74, 6) is 2.50. The molecule has 0 heterocycles. The number of aryl methyl sites for hydroxylation is 1. The van der Waals surface area contributed by atoms with E-state index in [0.29, 0.717) is 23.5 Å². The number of rotatable bonds is 4. The van der Waals surface area contributed by atoms with E-state index >= 15 is 0 Å². The molecule has 0 spiro atoms. The molecule has 150 valence electrons. The quantitative estimate of drug-likeness (QED) is 0.554. The second kappa shape index (κ2) is 7.44. The first-order valence-electron chi connectivity index (χ1n) is 10.6. The number of aliphatic hydroxyl groups excluding tert-OH is 1. The zero-order chi connectivity index (χ0) is 19.9. The third-order valence-corrected chi connectivity index (χ3v) is 7.51. The lowest BCUT2D eigenvalue weighted by Gasteiger charge is -2.53. The highest BCUT2D eigenvalue weighted by Gasteiger charge is 2.58. The fraction of sp³-hybridized carbons (Fsp3) is 0.520. The van der Waals surface area contributed by atoms with Gasteiger partial charge in [-0.2, -0.15) is 0 Å². The van der Waals surface area contributed by atoms with Gasteiger partial charge in [0, 0.05) is 11.3 Å². The Morgan fingerprint density at radius 3 is 2.86 bits per heavy atom. The predicted molar refractivity (Wildman–Crippen MR) is 112 cm³/mol. The minimum atomic E-state index is -0.251. The smallest absolute Gasteiger partial charge is 0.119 e. The first-order chi connectivity index (χ1) is 13.5. The summed E-state index contributed by atoms with van der Waals surface area (Å²) in [4.78, 5) is 0. The van der Waals surface area contributed by atoms with Gasteiger partial charge in [0.15, 0.2) is 0 Å². The van der Waals surface area contributed by atoms with E-state index < -0.39 is 0 Å². The summed E-state index contributed by atoms with van der Waals surface area (Å²) in [6, 6.07) is 5.83. The van der Waals surface area contributed by atoms with Gasteiger partial charge in [-0.15, -0.1) is 0 Å². The zero-order valence-corrected chi connectivity index (χ0v) is 17.0. The van der Waals surface area contributed by atoms with Gasteiger partial charge >= 0.3 is 0 Å². The van der Waals surface area contributed by atoms with E-state index in [9.17, 15) is 10.2 Å². The molecule has 2 fully saturated rings. The van der Waals surface area contributed by atoms with Crippen molar-refractivity contribution in [3.8, 4) is 5.75 Å². The van der Waals surface area contributed by atoms with E-state index in [1.54, 1.807) is 6.08 Å². The maximum absolute atomic E-state index is 10.8. The molecule has 0 radical (unpaired) electrons. The van der Waals surface area contributed by atoms with E-state index in [-0.39, 0.29) is 17.6 Å². The van der Waals surface area contributed by atoms with Crippen molar-refractivity contribution in [2.24, 2.45) is 17.3 Å². The van der Waals surface area contributed by atoms with Crippen LogP contribution in [0.2, 0.25) is 0 Å². The van der Waals surface area contributed by atoms with Crippen LogP contribution >= 0.6 is 0 Å². The molecule has 0 bridgehead atoms. The van der Waals surface area contributed by atoms with Crippen LogP contribution in [0.25, 0.3) is 0 Å². The van der Waals surface area contributed by atoms with E-state index in [2.05, 4.69) is 19.6 Å². The van der Waals surface area contributed by atoms with E-state index in [1.165, 1.54) is 11.1 Å². The van der Waals surface area contributed by atoms with Crippen LogP contribution in [0.5, 0.6) is 5.75 Å². The van der Waals surface area contributed by atoms with E-state index in [4.69, 9.17) is 4.74 Å². The van der Waals surface area contributed by atoms with Crippen molar-refractivity contribution in [3.05, 3.63) is 66.0 Å². The maximum Gasteiger partial charge on any atom is 0.119 e. The van der Waals surface area contributed by atoms with Gasteiger partial charge in [0.05, 0.1) is 6.10 Å². The van der Waals surface area contributed by atoms with Crippen LogP contribution in [0.3, 0.4) is 0 Å². The number of hydrogen-bond donors (Lipinski definition) is 2.